The van der Waals surface area contributed by atoms with Crippen molar-refractivity contribution in [2.24, 2.45) is 0 Å². The third-order valence-corrected chi connectivity index (χ3v) is 4.47. The fourth-order valence-corrected chi connectivity index (χ4v) is 3.40. The van der Waals surface area contributed by atoms with Crippen LogP contribution in [0.25, 0.3) is 0 Å². The van der Waals surface area contributed by atoms with E-state index in [2.05, 4.69) is 23.3 Å². The van der Waals surface area contributed by atoms with Crippen molar-refractivity contribution in [3.05, 3.63) is 21.9 Å². The summed E-state index contributed by atoms with van der Waals surface area (Å²) in [6.07, 6.45) is 0.895. The molecule has 2 atom stereocenters. The highest BCUT2D eigenvalue weighted by molar-refractivity contribution is 7.10. The van der Waals surface area contributed by atoms with E-state index in [1.807, 2.05) is 25.2 Å². The molecular formula is C14H23NO2S. The van der Waals surface area contributed by atoms with Gasteiger partial charge in [0.2, 0.25) is 0 Å². The van der Waals surface area contributed by atoms with Crippen molar-refractivity contribution in [1.29, 1.82) is 0 Å². The Labute approximate surface area is 113 Å². The van der Waals surface area contributed by atoms with Gasteiger partial charge in [0.15, 0.2) is 0 Å². The fraction of sp³-hybridized carbons (Fsp3) is 0.714. The Kier molecular flexibility index (Phi) is 4.78. The highest BCUT2D eigenvalue weighted by Gasteiger charge is 2.26. The molecule has 1 N–H and O–H groups in total. The zero-order chi connectivity index (χ0) is 13.1. The van der Waals surface area contributed by atoms with Crippen LogP contribution in [-0.2, 0) is 11.2 Å². The Morgan fingerprint density at radius 2 is 2.33 bits per heavy atom. The molecule has 0 fully saturated rings. The second kappa shape index (κ2) is 6.15. The molecule has 2 heterocycles. The van der Waals surface area contributed by atoms with Gasteiger partial charge in [-0.3, -0.25) is 4.90 Å². The Morgan fingerprint density at radius 1 is 1.56 bits per heavy atom. The molecule has 0 radical (unpaired) electrons. The number of thiophene rings is 1. The van der Waals surface area contributed by atoms with E-state index in [9.17, 15) is 5.11 Å². The van der Waals surface area contributed by atoms with E-state index in [4.69, 9.17) is 4.74 Å². The molecule has 1 aliphatic rings. The third-order valence-electron chi connectivity index (χ3n) is 3.47. The van der Waals surface area contributed by atoms with Gasteiger partial charge in [0.1, 0.15) is 0 Å². The summed E-state index contributed by atoms with van der Waals surface area (Å²) in [5.74, 6) is 0. The molecule has 0 bridgehead atoms. The van der Waals surface area contributed by atoms with Gasteiger partial charge in [0, 0.05) is 24.0 Å². The van der Waals surface area contributed by atoms with Gasteiger partial charge in [-0.2, -0.15) is 0 Å². The largest absolute Gasteiger partial charge is 0.389 e. The van der Waals surface area contributed by atoms with E-state index >= 15 is 0 Å². The summed E-state index contributed by atoms with van der Waals surface area (Å²) in [5, 5.41) is 12.2. The minimum absolute atomic E-state index is 0.182. The van der Waals surface area contributed by atoms with Crippen molar-refractivity contribution < 1.29 is 9.84 Å². The molecular weight excluding hydrogens is 246 g/mol. The molecule has 0 unspecified atom stereocenters. The summed E-state index contributed by atoms with van der Waals surface area (Å²) in [5.41, 5.74) is 1.43. The van der Waals surface area contributed by atoms with Crippen LogP contribution in [0.3, 0.4) is 0 Å². The van der Waals surface area contributed by atoms with Gasteiger partial charge >= 0.3 is 0 Å². The number of hydrogen-bond donors (Lipinski definition) is 1. The van der Waals surface area contributed by atoms with Crippen LogP contribution in [-0.4, -0.2) is 41.9 Å². The molecule has 0 amide bonds. The first-order valence-electron chi connectivity index (χ1n) is 6.68. The maximum absolute atomic E-state index is 10.0. The fourth-order valence-electron chi connectivity index (χ4n) is 2.44. The van der Waals surface area contributed by atoms with Crippen molar-refractivity contribution in [2.45, 2.75) is 45.4 Å². The summed E-state index contributed by atoms with van der Waals surface area (Å²) in [6.45, 7) is 8.37. The van der Waals surface area contributed by atoms with Crippen LogP contribution in [0.2, 0.25) is 0 Å². The van der Waals surface area contributed by atoms with E-state index < -0.39 is 6.10 Å². The quantitative estimate of drug-likeness (QED) is 0.891. The molecule has 0 spiro atoms. The Morgan fingerprint density at radius 3 is 3.06 bits per heavy atom. The second-order valence-electron chi connectivity index (χ2n) is 5.26. The molecule has 18 heavy (non-hydrogen) atoms. The van der Waals surface area contributed by atoms with Gasteiger partial charge in [0.25, 0.3) is 0 Å². The van der Waals surface area contributed by atoms with Gasteiger partial charge in [-0.25, -0.2) is 0 Å². The first kappa shape index (κ1) is 14.0. The first-order valence-corrected chi connectivity index (χ1v) is 7.56. The predicted octanol–water partition coefficient (Wildman–Crippen LogP) is 2.45. The van der Waals surface area contributed by atoms with Gasteiger partial charge in [-0.15, -0.1) is 11.3 Å². The smallest absolute Gasteiger partial charge is 0.0900 e. The van der Waals surface area contributed by atoms with Crippen LogP contribution in [0.5, 0.6) is 0 Å². The van der Waals surface area contributed by atoms with Crippen LogP contribution < -0.4 is 0 Å². The number of fused-ring (bicyclic) bond motifs is 1. The average molecular weight is 269 g/mol. The van der Waals surface area contributed by atoms with Crippen molar-refractivity contribution >= 4 is 11.3 Å². The molecule has 3 nitrogen and oxygen atoms in total. The Bertz CT molecular complexity index is 378. The molecule has 0 aromatic carbocycles. The lowest BCUT2D eigenvalue weighted by Crippen LogP contribution is -2.40. The number of aliphatic hydroxyl groups excluding tert-OH is 1. The predicted molar refractivity (Wildman–Crippen MR) is 75.1 cm³/mol. The summed E-state index contributed by atoms with van der Waals surface area (Å²) in [7, 11) is 0. The molecule has 1 aromatic rings. The molecule has 4 heteroatoms. The van der Waals surface area contributed by atoms with Crippen molar-refractivity contribution in [1.82, 2.24) is 4.90 Å². The van der Waals surface area contributed by atoms with Crippen LogP contribution >= 0.6 is 11.3 Å². The number of hydrogen-bond acceptors (Lipinski definition) is 4. The van der Waals surface area contributed by atoms with Crippen molar-refractivity contribution in [3.8, 4) is 0 Å². The van der Waals surface area contributed by atoms with Gasteiger partial charge < -0.3 is 9.84 Å². The Balaban J connectivity index is 1.87. The molecule has 0 aliphatic carbocycles. The first-order chi connectivity index (χ1) is 8.58. The highest BCUT2D eigenvalue weighted by atomic mass is 32.1. The minimum atomic E-state index is -0.393. The number of β-amino-alcohol motifs (C(OH)–C–C–N with tert-alkyl or cyclic N) is 1. The molecule has 0 saturated heterocycles. The van der Waals surface area contributed by atoms with E-state index in [0.717, 1.165) is 13.0 Å². The maximum atomic E-state index is 10.0. The lowest BCUT2D eigenvalue weighted by atomic mass is 10.0. The monoisotopic (exact) mass is 269 g/mol. The topological polar surface area (TPSA) is 32.7 Å². The van der Waals surface area contributed by atoms with Crippen LogP contribution in [0.1, 0.15) is 37.3 Å². The standard InChI is InChI=1S/C14H23NO2S/c1-10(2)17-9-12(16)8-15-6-4-14-13(11(15)3)5-7-18-14/h5,7,10-12,16H,4,6,8-9H2,1-3H3/t11-,12+/m1/s1. The van der Waals surface area contributed by atoms with E-state index in [1.165, 1.54) is 10.4 Å². The van der Waals surface area contributed by atoms with Crippen molar-refractivity contribution in [3.63, 3.8) is 0 Å². The van der Waals surface area contributed by atoms with E-state index in [-0.39, 0.29) is 6.10 Å². The zero-order valence-corrected chi connectivity index (χ0v) is 12.2. The normalized spacial score (nSPS) is 22.2. The average Bonchev–Trinajstić information content (AvgIpc) is 2.79. The molecule has 1 aliphatic heterocycles. The van der Waals surface area contributed by atoms with Gasteiger partial charge in [-0.1, -0.05) is 0 Å². The van der Waals surface area contributed by atoms with Gasteiger partial charge in [-0.05, 0) is 44.2 Å². The summed E-state index contributed by atoms with van der Waals surface area (Å²) in [4.78, 5) is 3.86. The SMILES string of the molecule is CC(C)OC[C@@H](O)CN1CCc2sccc2[C@H]1C. The third kappa shape index (κ3) is 3.32. The molecule has 0 saturated carbocycles. The van der Waals surface area contributed by atoms with E-state index in [1.54, 1.807) is 0 Å². The van der Waals surface area contributed by atoms with Crippen molar-refractivity contribution in [2.75, 3.05) is 19.7 Å². The highest BCUT2D eigenvalue weighted by Crippen LogP contribution is 2.32. The summed E-state index contributed by atoms with van der Waals surface area (Å²) in [6, 6.07) is 2.63. The summed E-state index contributed by atoms with van der Waals surface area (Å²) >= 11 is 1.85. The lowest BCUT2D eigenvalue weighted by Gasteiger charge is -2.34. The maximum Gasteiger partial charge on any atom is 0.0900 e. The van der Waals surface area contributed by atoms with E-state index in [0.29, 0.717) is 19.2 Å². The van der Waals surface area contributed by atoms with Gasteiger partial charge in [0.05, 0.1) is 18.8 Å². The Hall–Kier alpha value is -0.420. The van der Waals surface area contributed by atoms with Crippen LogP contribution in [0.15, 0.2) is 11.4 Å². The second-order valence-corrected chi connectivity index (χ2v) is 6.26. The number of ether oxygens (including phenoxy) is 1. The molecule has 2 rings (SSSR count). The summed E-state index contributed by atoms with van der Waals surface area (Å²) < 4.78 is 5.46. The minimum Gasteiger partial charge on any atom is -0.389 e. The molecule has 1 aromatic heterocycles. The van der Waals surface area contributed by atoms with Crippen LogP contribution in [0, 0.1) is 0 Å². The number of rotatable bonds is 5. The number of nitrogens with zero attached hydrogens (tertiary/aromatic N) is 1. The zero-order valence-electron chi connectivity index (χ0n) is 11.4. The molecule has 102 valence electrons. The lowest BCUT2D eigenvalue weighted by molar-refractivity contribution is -0.0143. The van der Waals surface area contributed by atoms with Crippen LogP contribution in [0.4, 0.5) is 0 Å². The number of aliphatic hydroxyl groups is 1.